The number of aryl methyl sites for hydroxylation is 2. The van der Waals surface area contributed by atoms with Gasteiger partial charge in [0.2, 0.25) is 5.91 Å². The molecule has 0 saturated heterocycles. The quantitative estimate of drug-likeness (QED) is 0.369. The number of sulfonamides is 1. The lowest BCUT2D eigenvalue weighted by Gasteiger charge is -2.24. The van der Waals surface area contributed by atoms with Crippen LogP contribution in [0.2, 0.25) is 5.02 Å². The lowest BCUT2D eigenvalue weighted by Crippen LogP contribution is -2.41. The minimum atomic E-state index is -4.14. The average molecular weight is 533 g/mol. The van der Waals surface area contributed by atoms with Crippen LogP contribution in [0.3, 0.4) is 0 Å². The molecular formula is C26H29ClN2O6S. The van der Waals surface area contributed by atoms with Crippen molar-refractivity contribution in [1.29, 1.82) is 0 Å². The van der Waals surface area contributed by atoms with Gasteiger partial charge in [-0.3, -0.25) is 9.10 Å². The zero-order valence-corrected chi connectivity index (χ0v) is 22.2. The number of hydrogen-bond donors (Lipinski definition) is 1. The first-order valence-electron chi connectivity index (χ1n) is 11.1. The fraction of sp³-hybridized carbons (Fsp3) is 0.269. The van der Waals surface area contributed by atoms with Crippen molar-refractivity contribution < 1.29 is 27.4 Å². The predicted molar refractivity (Wildman–Crippen MR) is 140 cm³/mol. The molecule has 0 fully saturated rings. The molecule has 0 radical (unpaired) electrons. The Labute approximate surface area is 216 Å². The predicted octanol–water partition coefficient (Wildman–Crippen LogP) is 4.36. The minimum Gasteiger partial charge on any atom is -0.493 e. The molecule has 0 bridgehead atoms. The summed E-state index contributed by atoms with van der Waals surface area (Å²) in [7, 11) is -1.27. The number of carbonyl (C=O) groups excluding carboxylic acids is 1. The maximum atomic E-state index is 13.6. The van der Waals surface area contributed by atoms with Gasteiger partial charge in [-0.1, -0.05) is 29.3 Å². The molecule has 0 unspecified atom stereocenters. The number of anilines is 1. The van der Waals surface area contributed by atoms with Gasteiger partial charge < -0.3 is 19.5 Å². The van der Waals surface area contributed by atoms with E-state index in [0.717, 1.165) is 21.2 Å². The number of rotatable bonds is 11. The number of nitrogens with one attached hydrogen (secondary N) is 1. The van der Waals surface area contributed by atoms with Gasteiger partial charge in [0.1, 0.15) is 18.9 Å². The van der Waals surface area contributed by atoms with Gasteiger partial charge in [0, 0.05) is 11.1 Å². The van der Waals surface area contributed by atoms with Gasteiger partial charge in [-0.15, -0.1) is 0 Å². The molecule has 0 spiro atoms. The lowest BCUT2D eigenvalue weighted by atomic mass is 10.1. The molecule has 3 aromatic rings. The summed E-state index contributed by atoms with van der Waals surface area (Å²) < 4.78 is 44.4. The highest BCUT2D eigenvalue weighted by atomic mass is 35.5. The van der Waals surface area contributed by atoms with Crippen LogP contribution in [-0.4, -0.2) is 48.2 Å². The van der Waals surface area contributed by atoms with Crippen molar-refractivity contribution in [3.8, 4) is 17.2 Å². The van der Waals surface area contributed by atoms with E-state index in [1.54, 1.807) is 12.1 Å². The second-order valence-corrected chi connectivity index (χ2v) is 10.3. The van der Waals surface area contributed by atoms with Crippen LogP contribution in [-0.2, 0) is 14.8 Å². The highest BCUT2D eigenvalue weighted by molar-refractivity contribution is 7.92. The van der Waals surface area contributed by atoms with E-state index in [9.17, 15) is 13.2 Å². The van der Waals surface area contributed by atoms with E-state index in [-0.39, 0.29) is 29.5 Å². The number of nitrogens with zero attached hydrogens (tertiary/aromatic N) is 1. The third-order valence-electron chi connectivity index (χ3n) is 5.36. The van der Waals surface area contributed by atoms with Gasteiger partial charge >= 0.3 is 0 Å². The molecule has 0 aliphatic rings. The van der Waals surface area contributed by atoms with E-state index in [1.807, 2.05) is 32.0 Å². The second kappa shape index (κ2) is 12.0. The van der Waals surface area contributed by atoms with Crippen LogP contribution < -0.4 is 23.8 Å². The molecule has 3 aromatic carbocycles. The molecule has 0 aromatic heterocycles. The molecule has 8 nitrogen and oxygen atoms in total. The molecule has 0 heterocycles. The topological polar surface area (TPSA) is 94.2 Å². The Kier molecular flexibility index (Phi) is 9.06. The van der Waals surface area contributed by atoms with E-state index < -0.39 is 22.5 Å². The third-order valence-corrected chi connectivity index (χ3v) is 7.38. The summed E-state index contributed by atoms with van der Waals surface area (Å²) in [5.41, 5.74) is 2.42. The first kappa shape index (κ1) is 27.2. The van der Waals surface area contributed by atoms with E-state index in [2.05, 4.69) is 5.32 Å². The summed E-state index contributed by atoms with van der Waals surface area (Å²) in [6.07, 6.45) is 0. The Morgan fingerprint density at radius 1 is 0.917 bits per heavy atom. The van der Waals surface area contributed by atoms with Gasteiger partial charge in [0.25, 0.3) is 10.0 Å². The summed E-state index contributed by atoms with van der Waals surface area (Å²) in [5.74, 6) is 0.880. The fourth-order valence-electron chi connectivity index (χ4n) is 3.53. The minimum absolute atomic E-state index is 0.0546. The molecule has 0 aliphatic carbocycles. The number of halogens is 1. The Morgan fingerprint density at radius 2 is 1.58 bits per heavy atom. The number of carbonyl (C=O) groups is 1. The Balaban J connectivity index is 1.76. The van der Waals surface area contributed by atoms with Crippen LogP contribution in [0.4, 0.5) is 5.69 Å². The third kappa shape index (κ3) is 6.61. The molecule has 1 N–H and O–H groups in total. The lowest BCUT2D eigenvalue weighted by molar-refractivity contribution is -0.119. The Morgan fingerprint density at radius 3 is 2.22 bits per heavy atom. The summed E-state index contributed by atoms with van der Waals surface area (Å²) in [5, 5.41) is 3.16. The number of methoxy groups -OCH3 is 2. The normalized spacial score (nSPS) is 11.0. The monoisotopic (exact) mass is 532 g/mol. The standard InChI is InChI=1S/C26H29ClN2O6S/c1-18-5-11-23(19(2)15-18)35-14-13-28-26(30)17-29(21-8-6-20(27)7-9-21)36(31,32)22-10-12-24(33-3)25(16-22)34-4/h5-12,15-16H,13-14,17H2,1-4H3,(H,28,30). The van der Waals surface area contributed by atoms with E-state index in [4.69, 9.17) is 25.8 Å². The SMILES string of the molecule is COc1ccc(S(=O)(=O)N(CC(=O)NCCOc2ccc(C)cc2C)c2ccc(Cl)cc2)cc1OC. The van der Waals surface area contributed by atoms with E-state index >= 15 is 0 Å². The largest absolute Gasteiger partial charge is 0.493 e. The second-order valence-electron chi connectivity index (χ2n) is 7.97. The van der Waals surface area contributed by atoms with Crippen molar-refractivity contribution >= 4 is 33.2 Å². The number of ether oxygens (including phenoxy) is 3. The highest BCUT2D eigenvalue weighted by Crippen LogP contribution is 2.32. The molecular weight excluding hydrogens is 504 g/mol. The molecule has 36 heavy (non-hydrogen) atoms. The van der Waals surface area contributed by atoms with Crippen LogP contribution >= 0.6 is 11.6 Å². The van der Waals surface area contributed by atoms with Crippen molar-refractivity contribution in [1.82, 2.24) is 5.32 Å². The highest BCUT2D eigenvalue weighted by Gasteiger charge is 2.28. The van der Waals surface area contributed by atoms with Crippen LogP contribution in [0.1, 0.15) is 11.1 Å². The summed E-state index contributed by atoms with van der Waals surface area (Å²) in [6, 6.07) is 16.3. The van der Waals surface area contributed by atoms with Crippen LogP contribution in [0.25, 0.3) is 0 Å². The van der Waals surface area contributed by atoms with Gasteiger partial charge in [-0.25, -0.2) is 8.42 Å². The smallest absolute Gasteiger partial charge is 0.264 e. The van der Waals surface area contributed by atoms with Crippen LogP contribution in [0, 0.1) is 13.8 Å². The summed E-state index contributed by atoms with van der Waals surface area (Å²) in [6.45, 7) is 3.95. The molecule has 10 heteroatoms. The van der Waals surface area contributed by atoms with Gasteiger partial charge in [0.05, 0.1) is 31.3 Å². The maximum absolute atomic E-state index is 13.6. The summed E-state index contributed by atoms with van der Waals surface area (Å²) in [4.78, 5) is 12.7. The van der Waals surface area contributed by atoms with Gasteiger partial charge in [-0.2, -0.15) is 0 Å². The van der Waals surface area contributed by atoms with Gasteiger partial charge in [0.15, 0.2) is 11.5 Å². The number of hydrogen-bond acceptors (Lipinski definition) is 6. The van der Waals surface area contributed by atoms with Crippen molar-refractivity contribution in [3.63, 3.8) is 0 Å². The molecule has 3 rings (SSSR count). The Bertz CT molecular complexity index is 1310. The molecule has 0 atom stereocenters. The van der Waals surface area contributed by atoms with Crippen molar-refractivity contribution in [2.45, 2.75) is 18.7 Å². The maximum Gasteiger partial charge on any atom is 0.264 e. The van der Waals surface area contributed by atoms with Crippen LogP contribution in [0.5, 0.6) is 17.2 Å². The molecule has 1 amide bonds. The van der Waals surface area contributed by atoms with E-state index in [1.165, 1.54) is 44.6 Å². The molecule has 192 valence electrons. The van der Waals surface area contributed by atoms with Crippen molar-refractivity contribution in [2.75, 3.05) is 38.2 Å². The van der Waals surface area contributed by atoms with Crippen LogP contribution in [0.15, 0.2) is 65.6 Å². The van der Waals surface area contributed by atoms with Crippen molar-refractivity contribution in [3.05, 3.63) is 76.8 Å². The fourth-order valence-corrected chi connectivity index (χ4v) is 5.09. The Hall–Kier alpha value is -3.43. The zero-order chi connectivity index (χ0) is 26.3. The first-order chi connectivity index (χ1) is 17.1. The molecule has 0 saturated carbocycles. The first-order valence-corrected chi connectivity index (χ1v) is 12.9. The summed E-state index contributed by atoms with van der Waals surface area (Å²) >= 11 is 5.99. The number of amides is 1. The van der Waals surface area contributed by atoms with E-state index in [0.29, 0.717) is 10.8 Å². The average Bonchev–Trinajstić information content (AvgIpc) is 2.86. The molecule has 0 aliphatic heterocycles. The van der Waals surface area contributed by atoms with Crippen molar-refractivity contribution in [2.24, 2.45) is 0 Å². The number of benzene rings is 3. The zero-order valence-electron chi connectivity index (χ0n) is 20.6. The van der Waals surface area contributed by atoms with Gasteiger partial charge in [-0.05, 0) is 61.9 Å².